The second-order valence-corrected chi connectivity index (χ2v) is 3.74. The van der Waals surface area contributed by atoms with E-state index in [0.29, 0.717) is 24.6 Å². The van der Waals surface area contributed by atoms with Crippen LogP contribution in [0.5, 0.6) is 0 Å². The smallest absolute Gasteiger partial charge is 0.159 e. The zero-order valence-corrected chi connectivity index (χ0v) is 9.73. The maximum Gasteiger partial charge on any atom is 0.159 e. The Morgan fingerprint density at radius 1 is 1.38 bits per heavy atom. The van der Waals surface area contributed by atoms with Gasteiger partial charge in [0.15, 0.2) is 11.6 Å². The van der Waals surface area contributed by atoms with Gasteiger partial charge in [-0.3, -0.25) is 0 Å². The van der Waals surface area contributed by atoms with E-state index in [2.05, 4.69) is 5.32 Å². The molecular formula is C11H14ClF2NO. The SMILES string of the molecule is COCC(CCl)NCc1ccc(F)c(F)c1. The fraction of sp³-hybridized carbons (Fsp3) is 0.455. The van der Waals surface area contributed by atoms with Crippen LogP contribution in [0.3, 0.4) is 0 Å². The molecule has 0 aromatic heterocycles. The Kier molecular flexibility index (Phi) is 5.66. The second kappa shape index (κ2) is 6.78. The van der Waals surface area contributed by atoms with Crippen LogP contribution in [0, 0.1) is 11.6 Å². The zero-order chi connectivity index (χ0) is 12.0. The van der Waals surface area contributed by atoms with Crippen LogP contribution in [-0.2, 0) is 11.3 Å². The zero-order valence-electron chi connectivity index (χ0n) is 8.97. The normalized spacial score (nSPS) is 12.8. The maximum atomic E-state index is 12.9. The number of hydrogen-bond donors (Lipinski definition) is 1. The molecule has 0 aliphatic heterocycles. The minimum atomic E-state index is -0.839. The molecule has 0 spiro atoms. The summed E-state index contributed by atoms with van der Waals surface area (Å²) in [5.74, 6) is -1.28. The van der Waals surface area contributed by atoms with Crippen LogP contribution in [0.2, 0.25) is 0 Å². The highest BCUT2D eigenvalue weighted by atomic mass is 35.5. The van der Waals surface area contributed by atoms with Crippen molar-refractivity contribution in [2.24, 2.45) is 0 Å². The molecule has 0 radical (unpaired) electrons. The van der Waals surface area contributed by atoms with Crippen LogP contribution in [0.4, 0.5) is 8.78 Å². The van der Waals surface area contributed by atoms with Gasteiger partial charge in [0.05, 0.1) is 6.61 Å². The molecule has 1 aromatic rings. The number of rotatable bonds is 6. The number of nitrogens with one attached hydrogen (secondary N) is 1. The summed E-state index contributed by atoms with van der Waals surface area (Å²) in [5, 5.41) is 3.09. The predicted octanol–water partition coefficient (Wildman–Crippen LogP) is 2.31. The first-order valence-electron chi connectivity index (χ1n) is 4.89. The van der Waals surface area contributed by atoms with E-state index >= 15 is 0 Å². The minimum absolute atomic E-state index is 0.000203. The first kappa shape index (κ1) is 13.4. The van der Waals surface area contributed by atoms with E-state index in [1.54, 1.807) is 7.11 Å². The highest BCUT2D eigenvalue weighted by molar-refractivity contribution is 6.18. The number of ether oxygens (including phenoxy) is 1. The summed E-state index contributed by atoms with van der Waals surface area (Å²) in [4.78, 5) is 0. The van der Waals surface area contributed by atoms with E-state index in [9.17, 15) is 8.78 Å². The van der Waals surface area contributed by atoms with E-state index in [1.807, 2.05) is 0 Å². The molecule has 1 atom stereocenters. The van der Waals surface area contributed by atoms with E-state index < -0.39 is 11.6 Å². The van der Waals surface area contributed by atoms with Gasteiger partial charge in [-0.15, -0.1) is 11.6 Å². The van der Waals surface area contributed by atoms with Crippen molar-refractivity contribution in [2.75, 3.05) is 19.6 Å². The van der Waals surface area contributed by atoms with Gasteiger partial charge in [-0.2, -0.15) is 0 Å². The summed E-state index contributed by atoms with van der Waals surface area (Å²) in [5.41, 5.74) is 0.671. The molecule has 0 saturated carbocycles. The second-order valence-electron chi connectivity index (χ2n) is 3.44. The van der Waals surface area contributed by atoms with Gasteiger partial charge >= 0.3 is 0 Å². The van der Waals surface area contributed by atoms with Crippen LogP contribution in [0.25, 0.3) is 0 Å². The van der Waals surface area contributed by atoms with E-state index in [0.717, 1.165) is 6.07 Å². The lowest BCUT2D eigenvalue weighted by Crippen LogP contribution is -2.34. The average Bonchev–Trinajstić information content (AvgIpc) is 2.28. The average molecular weight is 250 g/mol. The summed E-state index contributed by atoms with van der Waals surface area (Å²) in [6, 6.07) is 3.81. The number of methoxy groups -OCH3 is 1. The lowest BCUT2D eigenvalue weighted by Gasteiger charge is -2.14. The van der Waals surface area contributed by atoms with Gasteiger partial charge in [-0.1, -0.05) is 6.07 Å². The molecule has 90 valence electrons. The van der Waals surface area contributed by atoms with Crippen molar-refractivity contribution >= 4 is 11.6 Å². The Morgan fingerprint density at radius 3 is 2.69 bits per heavy atom. The Hall–Kier alpha value is -0.710. The highest BCUT2D eigenvalue weighted by Crippen LogP contribution is 2.08. The number of halogens is 3. The van der Waals surface area contributed by atoms with Crippen molar-refractivity contribution < 1.29 is 13.5 Å². The fourth-order valence-electron chi connectivity index (χ4n) is 1.27. The van der Waals surface area contributed by atoms with Crippen molar-refractivity contribution in [2.45, 2.75) is 12.6 Å². The van der Waals surface area contributed by atoms with Gasteiger partial charge < -0.3 is 10.1 Å². The summed E-state index contributed by atoms with van der Waals surface area (Å²) < 4.78 is 30.5. The molecule has 0 fully saturated rings. The third kappa shape index (κ3) is 4.04. The Labute approximate surface area is 98.6 Å². The molecule has 0 heterocycles. The molecule has 1 unspecified atom stereocenters. The highest BCUT2D eigenvalue weighted by Gasteiger charge is 2.07. The Bertz CT molecular complexity index is 336. The van der Waals surface area contributed by atoms with Crippen LogP contribution in [0.1, 0.15) is 5.56 Å². The maximum absolute atomic E-state index is 12.9. The van der Waals surface area contributed by atoms with Crippen molar-refractivity contribution in [3.63, 3.8) is 0 Å². The minimum Gasteiger partial charge on any atom is -0.383 e. The van der Waals surface area contributed by atoms with Gasteiger partial charge in [0.2, 0.25) is 0 Å². The van der Waals surface area contributed by atoms with E-state index in [-0.39, 0.29) is 6.04 Å². The molecule has 1 aromatic carbocycles. The largest absolute Gasteiger partial charge is 0.383 e. The standard InChI is InChI=1S/C11H14ClF2NO/c1-16-7-9(5-12)15-6-8-2-3-10(13)11(14)4-8/h2-4,9,15H,5-7H2,1H3. The quantitative estimate of drug-likeness (QED) is 0.782. The van der Waals surface area contributed by atoms with Gasteiger partial charge in [-0.25, -0.2) is 8.78 Å². The monoisotopic (exact) mass is 249 g/mol. The predicted molar refractivity (Wildman–Crippen MR) is 59.6 cm³/mol. The number of hydrogen-bond acceptors (Lipinski definition) is 2. The molecule has 0 aliphatic rings. The van der Waals surface area contributed by atoms with Crippen LogP contribution < -0.4 is 5.32 Å². The summed E-state index contributed by atoms with van der Waals surface area (Å²) in [6.45, 7) is 0.908. The van der Waals surface area contributed by atoms with E-state index in [1.165, 1.54) is 12.1 Å². The molecule has 1 N–H and O–H groups in total. The van der Waals surface area contributed by atoms with Crippen molar-refractivity contribution in [3.8, 4) is 0 Å². The fourth-order valence-corrected chi connectivity index (χ4v) is 1.47. The molecule has 0 aliphatic carbocycles. The number of alkyl halides is 1. The topological polar surface area (TPSA) is 21.3 Å². The van der Waals surface area contributed by atoms with Gasteiger partial charge in [0, 0.05) is 25.6 Å². The van der Waals surface area contributed by atoms with E-state index in [4.69, 9.17) is 16.3 Å². The van der Waals surface area contributed by atoms with Crippen LogP contribution >= 0.6 is 11.6 Å². The van der Waals surface area contributed by atoms with Crippen molar-refractivity contribution in [1.29, 1.82) is 0 Å². The molecule has 2 nitrogen and oxygen atoms in total. The molecule has 0 amide bonds. The van der Waals surface area contributed by atoms with Crippen molar-refractivity contribution in [1.82, 2.24) is 5.32 Å². The molecule has 1 rings (SSSR count). The van der Waals surface area contributed by atoms with Gasteiger partial charge in [-0.05, 0) is 17.7 Å². The van der Waals surface area contributed by atoms with Gasteiger partial charge in [0.1, 0.15) is 0 Å². The Balaban J connectivity index is 2.50. The molecule has 5 heteroatoms. The third-order valence-electron chi connectivity index (χ3n) is 2.13. The van der Waals surface area contributed by atoms with Crippen LogP contribution in [0.15, 0.2) is 18.2 Å². The number of benzene rings is 1. The van der Waals surface area contributed by atoms with Crippen molar-refractivity contribution in [3.05, 3.63) is 35.4 Å². The molecule has 16 heavy (non-hydrogen) atoms. The lowest BCUT2D eigenvalue weighted by molar-refractivity contribution is 0.172. The molecule has 0 saturated heterocycles. The summed E-state index contributed by atoms with van der Waals surface area (Å²) >= 11 is 5.69. The first-order valence-corrected chi connectivity index (χ1v) is 5.43. The third-order valence-corrected chi connectivity index (χ3v) is 2.51. The first-order chi connectivity index (χ1) is 7.67. The molecule has 0 bridgehead atoms. The lowest BCUT2D eigenvalue weighted by atomic mass is 10.2. The van der Waals surface area contributed by atoms with Gasteiger partial charge in [0.25, 0.3) is 0 Å². The summed E-state index contributed by atoms with van der Waals surface area (Å²) in [7, 11) is 1.58. The molecular weight excluding hydrogens is 236 g/mol. The van der Waals surface area contributed by atoms with Crippen LogP contribution in [-0.4, -0.2) is 25.6 Å². The summed E-state index contributed by atoms with van der Waals surface area (Å²) in [6.07, 6.45) is 0. The Morgan fingerprint density at radius 2 is 2.12 bits per heavy atom.